The summed E-state index contributed by atoms with van der Waals surface area (Å²) in [6.45, 7) is 4.68. The van der Waals surface area contributed by atoms with Gasteiger partial charge in [0, 0.05) is 42.3 Å². The van der Waals surface area contributed by atoms with Gasteiger partial charge < -0.3 is 20.3 Å². The molecule has 316 valence electrons. The van der Waals surface area contributed by atoms with E-state index in [1.807, 2.05) is 17.6 Å². The molecule has 0 spiro atoms. The molecule has 0 bridgehead atoms. The summed E-state index contributed by atoms with van der Waals surface area (Å²) in [5.41, 5.74) is 7.28. The predicted octanol–water partition coefficient (Wildman–Crippen LogP) is 7.94. The zero-order valence-electron chi connectivity index (χ0n) is 31.8. The van der Waals surface area contributed by atoms with Gasteiger partial charge in [-0.25, -0.2) is 23.7 Å². The van der Waals surface area contributed by atoms with E-state index in [1.54, 1.807) is 42.5 Å². The number of piperidine rings is 2. The Labute approximate surface area is 346 Å². The number of pyridine rings is 1. The van der Waals surface area contributed by atoms with Crippen LogP contribution >= 0.6 is 0 Å². The summed E-state index contributed by atoms with van der Waals surface area (Å²) in [6, 6.07) is 24.8. The van der Waals surface area contributed by atoms with Crippen LogP contribution in [0.2, 0.25) is 0 Å². The van der Waals surface area contributed by atoms with E-state index in [0.29, 0.717) is 48.9 Å². The minimum atomic E-state index is -0.631. The molecule has 3 aliphatic heterocycles. The highest BCUT2D eigenvalue weighted by molar-refractivity contribution is 6.01. The van der Waals surface area contributed by atoms with Gasteiger partial charge in [0.25, 0.3) is 5.91 Å². The van der Waals surface area contributed by atoms with Crippen LogP contribution in [-0.4, -0.2) is 76.8 Å². The van der Waals surface area contributed by atoms with Crippen molar-refractivity contribution in [1.82, 2.24) is 20.3 Å². The fraction of sp³-hybridized carbons (Fsp3) is 0.302. The highest BCUT2D eigenvalue weighted by Crippen LogP contribution is 2.33. The summed E-state index contributed by atoms with van der Waals surface area (Å²) < 4.78 is 34.3. The number of halogens is 2. The van der Waals surface area contributed by atoms with Crippen LogP contribution in [0.25, 0.3) is 11.4 Å². The van der Waals surface area contributed by atoms with Crippen LogP contribution in [0.15, 0.2) is 91.1 Å². The maximum Gasteiger partial charge on any atom is 0.254 e. The Morgan fingerprint density at radius 2 is 1.59 bits per heavy atom. The van der Waals surface area contributed by atoms with E-state index in [4.69, 9.17) is 9.94 Å². The molecule has 0 radical (unpaired) electrons. The fourth-order valence-electron chi connectivity index (χ4n) is 7.01. The summed E-state index contributed by atoms with van der Waals surface area (Å²) in [5, 5.41) is 17.2. The van der Waals surface area contributed by atoms with E-state index >= 15 is 0 Å². The third kappa shape index (κ3) is 10.5. The van der Waals surface area contributed by atoms with Gasteiger partial charge in [0.1, 0.15) is 30.0 Å². The zero-order chi connectivity index (χ0) is 40.6. The number of anilines is 6. The summed E-state index contributed by atoms with van der Waals surface area (Å²) in [5.74, 6) is -0.894. The first-order valence-corrected chi connectivity index (χ1v) is 19.0. The number of aromatic nitrogens is 3. The van der Waals surface area contributed by atoms with Gasteiger partial charge >= 0.3 is 0 Å². The lowest BCUT2D eigenvalue weighted by atomic mass is 9.88. The van der Waals surface area contributed by atoms with Gasteiger partial charge in [-0.05, 0) is 98.3 Å². The second kappa shape index (κ2) is 19.3. The van der Waals surface area contributed by atoms with Crippen molar-refractivity contribution in [2.75, 3.05) is 58.8 Å². The van der Waals surface area contributed by atoms with Gasteiger partial charge in [0.15, 0.2) is 5.82 Å². The first-order valence-electron chi connectivity index (χ1n) is 19.0. The van der Waals surface area contributed by atoms with Crippen molar-refractivity contribution in [2.45, 2.75) is 52.0 Å². The van der Waals surface area contributed by atoms with Crippen molar-refractivity contribution in [2.24, 2.45) is 0 Å². The summed E-state index contributed by atoms with van der Waals surface area (Å²) in [6.07, 6.45) is 3.59. The van der Waals surface area contributed by atoms with Crippen LogP contribution in [0.1, 0.15) is 55.9 Å². The minimum Gasteiger partial charge on any atom is -0.374 e. The number of aryl methyl sites for hydroxylation is 1. The minimum absolute atomic E-state index is 0. The SMILES string of the molecule is C.Cc1ccc(N2CCC(c3ccc(NC4CCC(=O)NC4=O)cc3F)CC2)cc1.O=C1COCCN1c1cccc(-c2nc(Nc3ccc(NO)cc3)ncc2F)n1.[HH].[HH].[HH].[HH]. The van der Waals surface area contributed by atoms with Crippen molar-refractivity contribution >= 4 is 52.2 Å². The van der Waals surface area contributed by atoms with Crippen molar-refractivity contribution in [3.05, 3.63) is 114 Å². The standard InChI is InChI=1S/C23H26FN3O2.C19H17FN6O3.CH4.4H2/c1-15-2-5-18(6-3-15)27-12-10-16(11-13-27)19-7-4-17(14-20(19)24)25-21-8-9-22(28)26-23(21)29;20-14-10-21-19(22-12-4-6-13(25-28)7-5-12)24-18(14)15-2-1-3-16(23-15)26-8-9-29-11-17(26)27;;;;;/h2-7,14,16,21,25H,8-13H2,1H3,(H,26,28,29);1-7,10,25,28H,8-9,11H2,(H,21,22,24);1H4;4*1H. The summed E-state index contributed by atoms with van der Waals surface area (Å²) >= 11 is 0. The number of hydrogen-bond acceptors (Lipinski definition) is 12. The number of amides is 3. The Bertz CT molecular complexity index is 2280. The first-order chi connectivity index (χ1) is 28.1. The highest BCUT2D eigenvalue weighted by atomic mass is 19.1. The molecule has 5 heterocycles. The Hall–Kier alpha value is -6.52. The molecule has 14 nitrogen and oxygen atoms in total. The molecule has 2 aromatic heterocycles. The van der Waals surface area contributed by atoms with Crippen LogP contribution in [0.4, 0.5) is 43.3 Å². The topological polar surface area (TPSA) is 174 Å². The maximum absolute atomic E-state index is 14.8. The van der Waals surface area contributed by atoms with E-state index in [2.05, 4.69) is 67.0 Å². The summed E-state index contributed by atoms with van der Waals surface area (Å²) in [7, 11) is 0. The number of morpholine rings is 1. The molecule has 3 saturated heterocycles. The van der Waals surface area contributed by atoms with E-state index < -0.39 is 11.9 Å². The monoisotopic (exact) mass is 815 g/mol. The molecule has 59 heavy (non-hydrogen) atoms. The molecule has 1 atom stereocenters. The number of nitrogens with one attached hydrogen (secondary N) is 4. The van der Waals surface area contributed by atoms with Crippen LogP contribution in [0.3, 0.4) is 0 Å². The second-order valence-corrected chi connectivity index (χ2v) is 14.2. The van der Waals surface area contributed by atoms with Gasteiger partial charge in [-0.2, -0.15) is 0 Å². The Balaban J connectivity index is 0.000000402. The molecule has 16 heteroatoms. The molecule has 3 amide bonds. The zero-order valence-corrected chi connectivity index (χ0v) is 31.8. The third-order valence-corrected chi connectivity index (χ3v) is 10.2. The number of rotatable bonds is 9. The van der Waals surface area contributed by atoms with Crippen LogP contribution in [-0.2, 0) is 19.1 Å². The van der Waals surface area contributed by atoms with E-state index in [0.717, 1.165) is 37.7 Å². The highest BCUT2D eigenvalue weighted by Gasteiger charge is 2.28. The number of nitrogens with zero attached hydrogens (tertiary/aromatic N) is 5. The molecular weight excluding hydrogens is 761 g/mol. The van der Waals surface area contributed by atoms with Crippen LogP contribution in [0, 0.1) is 18.6 Å². The number of carbonyl (C=O) groups excluding carboxylic acids is 3. The average Bonchev–Trinajstić information content (AvgIpc) is 3.24. The molecule has 1 unspecified atom stereocenters. The van der Waals surface area contributed by atoms with Crippen molar-refractivity contribution in [3.8, 4) is 11.4 Å². The molecule has 0 saturated carbocycles. The second-order valence-electron chi connectivity index (χ2n) is 14.2. The largest absolute Gasteiger partial charge is 0.374 e. The first kappa shape index (κ1) is 42.1. The fourth-order valence-corrected chi connectivity index (χ4v) is 7.01. The van der Waals surface area contributed by atoms with Gasteiger partial charge in [0.05, 0.1) is 30.7 Å². The van der Waals surface area contributed by atoms with Gasteiger partial charge in [-0.1, -0.05) is 37.3 Å². The lowest BCUT2D eigenvalue weighted by Crippen LogP contribution is -2.47. The van der Waals surface area contributed by atoms with E-state index in [1.165, 1.54) is 22.2 Å². The lowest BCUT2D eigenvalue weighted by Gasteiger charge is -2.34. The molecule has 3 fully saturated rings. The number of ether oxygens (including phenoxy) is 1. The summed E-state index contributed by atoms with van der Waals surface area (Å²) in [4.78, 5) is 51.6. The Morgan fingerprint density at radius 3 is 2.29 bits per heavy atom. The molecule has 8 rings (SSSR count). The normalized spacial score (nSPS) is 16.9. The molecule has 3 aromatic carbocycles. The number of hydrogen-bond donors (Lipinski definition) is 5. The van der Waals surface area contributed by atoms with Crippen molar-refractivity contribution < 1.29 is 38.8 Å². The number of benzene rings is 3. The van der Waals surface area contributed by atoms with Crippen LogP contribution in [0.5, 0.6) is 0 Å². The Kier molecular flexibility index (Phi) is 13.8. The number of imide groups is 1. The molecule has 3 aliphatic rings. The molecule has 5 N–H and O–H groups in total. The molecule has 5 aromatic rings. The Morgan fingerprint density at radius 1 is 0.864 bits per heavy atom. The molecular formula is C43H55F2N9O5. The van der Waals surface area contributed by atoms with Gasteiger partial charge in [-0.3, -0.25) is 35.3 Å². The quantitative estimate of drug-likeness (QED) is 0.0719. The van der Waals surface area contributed by atoms with Crippen LogP contribution < -0.4 is 31.2 Å². The van der Waals surface area contributed by atoms with Gasteiger partial charge in [0.2, 0.25) is 17.8 Å². The third-order valence-electron chi connectivity index (χ3n) is 10.2. The molecule has 0 aliphatic carbocycles. The van der Waals surface area contributed by atoms with E-state index in [-0.39, 0.29) is 66.5 Å². The maximum atomic E-state index is 14.8. The van der Waals surface area contributed by atoms with Crippen molar-refractivity contribution in [3.63, 3.8) is 0 Å². The number of carbonyl (C=O) groups is 3. The van der Waals surface area contributed by atoms with Crippen molar-refractivity contribution in [1.29, 1.82) is 0 Å². The lowest BCUT2D eigenvalue weighted by molar-refractivity contribution is -0.133. The average molecular weight is 816 g/mol. The predicted molar refractivity (Wildman–Crippen MR) is 230 cm³/mol. The van der Waals surface area contributed by atoms with E-state index in [9.17, 15) is 23.2 Å². The van der Waals surface area contributed by atoms with Gasteiger partial charge in [-0.15, -0.1) is 0 Å². The smallest absolute Gasteiger partial charge is 0.254 e.